The molecule has 4 heteroatoms. The van der Waals surface area contributed by atoms with Gasteiger partial charge in [0.25, 0.3) is 0 Å². The standard InChI is InChI=1S/C16H27NO2S/c1-5-18-16-11-14(12-17-13(3)4)7-8-15(16)19-9-10-20-6-2/h7-8,11,13,17H,5-6,9-10,12H2,1-4H3. The first-order valence-electron chi connectivity index (χ1n) is 7.37. The van der Waals surface area contributed by atoms with Crippen LogP contribution in [0.5, 0.6) is 11.5 Å². The first kappa shape index (κ1) is 17.2. The van der Waals surface area contributed by atoms with E-state index in [9.17, 15) is 0 Å². The van der Waals surface area contributed by atoms with Crippen LogP contribution in [0.3, 0.4) is 0 Å². The van der Waals surface area contributed by atoms with Gasteiger partial charge in [0.1, 0.15) is 0 Å². The minimum atomic E-state index is 0.479. The topological polar surface area (TPSA) is 30.5 Å². The molecule has 0 amide bonds. The Labute approximate surface area is 127 Å². The summed E-state index contributed by atoms with van der Waals surface area (Å²) in [7, 11) is 0. The van der Waals surface area contributed by atoms with Crippen molar-refractivity contribution in [1.29, 1.82) is 0 Å². The van der Waals surface area contributed by atoms with E-state index in [-0.39, 0.29) is 0 Å². The molecule has 0 heterocycles. The molecule has 0 aliphatic heterocycles. The van der Waals surface area contributed by atoms with Crippen LogP contribution >= 0.6 is 11.8 Å². The van der Waals surface area contributed by atoms with E-state index < -0.39 is 0 Å². The highest BCUT2D eigenvalue weighted by molar-refractivity contribution is 7.99. The minimum absolute atomic E-state index is 0.479. The van der Waals surface area contributed by atoms with Crippen LogP contribution in [0.1, 0.15) is 33.3 Å². The van der Waals surface area contributed by atoms with Crippen molar-refractivity contribution in [2.24, 2.45) is 0 Å². The third kappa shape index (κ3) is 6.53. The second kappa shape index (κ2) is 9.94. The zero-order valence-corrected chi connectivity index (χ0v) is 13.9. The van der Waals surface area contributed by atoms with Gasteiger partial charge in [-0.3, -0.25) is 0 Å². The first-order chi connectivity index (χ1) is 9.67. The number of nitrogens with one attached hydrogen (secondary N) is 1. The van der Waals surface area contributed by atoms with Crippen molar-refractivity contribution < 1.29 is 9.47 Å². The van der Waals surface area contributed by atoms with Crippen molar-refractivity contribution >= 4 is 11.8 Å². The van der Waals surface area contributed by atoms with Gasteiger partial charge in [0, 0.05) is 18.3 Å². The highest BCUT2D eigenvalue weighted by Crippen LogP contribution is 2.28. The summed E-state index contributed by atoms with van der Waals surface area (Å²) >= 11 is 1.89. The van der Waals surface area contributed by atoms with Gasteiger partial charge in [0.2, 0.25) is 0 Å². The summed E-state index contributed by atoms with van der Waals surface area (Å²) < 4.78 is 11.5. The van der Waals surface area contributed by atoms with Crippen LogP contribution in [0.4, 0.5) is 0 Å². The summed E-state index contributed by atoms with van der Waals surface area (Å²) in [5.41, 5.74) is 1.22. The van der Waals surface area contributed by atoms with Crippen molar-refractivity contribution in [2.75, 3.05) is 24.7 Å². The number of ether oxygens (including phenoxy) is 2. The lowest BCUT2D eigenvalue weighted by molar-refractivity contribution is 0.289. The van der Waals surface area contributed by atoms with Crippen molar-refractivity contribution in [3.8, 4) is 11.5 Å². The fraction of sp³-hybridized carbons (Fsp3) is 0.625. The SMILES string of the molecule is CCOc1cc(CNC(C)C)ccc1OCCSCC. The van der Waals surface area contributed by atoms with Gasteiger partial charge in [-0.2, -0.15) is 11.8 Å². The predicted molar refractivity (Wildman–Crippen MR) is 88.1 cm³/mol. The number of hydrogen-bond donors (Lipinski definition) is 1. The molecule has 0 saturated carbocycles. The zero-order valence-electron chi connectivity index (χ0n) is 13.1. The van der Waals surface area contributed by atoms with Gasteiger partial charge >= 0.3 is 0 Å². The molecule has 0 aromatic heterocycles. The van der Waals surface area contributed by atoms with E-state index in [0.717, 1.165) is 36.2 Å². The van der Waals surface area contributed by atoms with Crippen LogP contribution in [0.15, 0.2) is 18.2 Å². The molecule has 0 aliphatic carbocycles. The molecule has 0 fully saturated rings. The maximum atomic E-state index is 5.81. The highest BCUT2D eigenvalue weighted by atomic mass is 32.2. The maximum Gasteiger partial charge on any atom is 0.161 e. The number of benzene rings is 1. The maximum absolute atomic E-state index is 5.81. The molecule has 1 aromatic carbocycles. The molecule has 0 bridgehead atoms. The predicted octanol–water partition coefficient (Wildman–Crippen LogP) is 3.72. The summed E-state index contributed by atoms with van der Waals surface area (Å²) in [4.78, 5) is 0. The summed E-state index contributed by atoms with van der Waals surface area (Å²) in [6.07, 6.45) is 0. The second-order valence-corrected chi connectivity index (χ2v) is 6.19. The number of hydrogen-bond acceptors (Lipinski definition) is 4. The number of thioether (sulfide) groups is 1. The summed E-state index contributed by atoms with van der Waals surface area (Å²) in [5, 5.41) is 3.41. The Morgan fingerprint density at radius 3 is 2.60 bits per heavy atom. The lowest BCUT2D eigenvalue weighted by Crippen LogP contribution is -2.21. The molecule has 1 aromatic rings. The molecular formula is C16H27NO2S. The fourth-order valence-electron chi connectivity index (χ4n) is 1.73. The van der Waals surface area contributed by atoms with Crippen molar-refractivity contribution in [1.82, 2.24) is 5.32 Å². The van der Waals surface area contributed by atoms with Crippen LogP contribution in [0.2, 0.25) is 0 Å². The monoisotopic (exact) mass is 297 g/mol. The smallest absolute Gasteiger partial charge is 0.161 e. The van der Waals surface area contributed by atoms with Crippen LogP contribution in [-0.2, 0) is 6.54 Å². The van der Waals surface area contributed by atoms with E-state index in [1.54, 1.807) is 0 Å². The van der Waals surface area contributed by atoms with Crippen molar-refractivity contribution in [2.45, 2.75) is 40.3 Å². The molecule has 1 rings (SSSR count). The Hall–Kier alpha value is -0.870. The quantitative estimate of drug-likeness (QED) is 0.667. The molecule has 0 radical (unpaired) electrons. The van der Waals surface area contributed by atoms with E-state index in [1.807, 2.05) is 24.8 Å². The zero-order chi connectivity index (χ0) is 14.8. The Balaban J connectivity index is 2.63. The van der Waals surface area contributed by atoms with Gasteiger partial charge in [0.15, 0.2) is 11.5 Å². The molecule has 0 atom stereocenters. The van der Waals surface area contributed by atoms with Gasteiger partial charge < -0.3 is 14.8 Å². The molecule has 0 unspecified atom stereocenters. The van der Waals surface area contributed by atoms with E-state index in [0.29, 0.717) is 12.6 Å². The number of rotatable bonds is 10. The molecule has 20 heavy (non-hydrogen) atoms. The van der Waals surface area contributed by atoms with Gasteiger partial charge in [-0.1, -0.05) is 26.8 Å². The van der Waals surface area contributed by atoms with E-state index in [4.69, 9.17) is 9.47 Å². The average Bonchev–Trinajstić information content (AvgIpc) is 2.43. The van der Waals surface area contributed by atoms with Crippen LogP contribution < -0.4 is 14.8 Å². The molecule has 114 valence electrons. The lowest BCUT2D eigenvalue weighted by Gasteiger charge is -2.14. The largest absolute Gasteiger partial charge is 0.490 e. The Bertz CT molecular complexity index is 383. The van der Waals surface area contributed by atoms with Gasteiger partial charge in [-0.15, -0.1) is 0 Å². The van der Waals surface area contributed by atoms with Crippen LogP contribution in [0, 0.1) is 0 Å². The van der Waals surface area contributed by atoms with Crippen LogP contribution in [0.25, 0.3) is 0 Å². The molecule has 1 N–H and O–H groups in total. The Kier molecular flexibility index (Phi) is 8.54. The Morgan fingerprint density at radius 2 is 1.95 bits per heavy atom. The van der Waals surface area contributed by atoms with Gasteiger partial charge in [-0.25, -0.2) is 0 Å². The van der Waals surface area contributed by atoms with Gasteiger partial charge in [0.05, 0.1) is 13.2 Å². The average molecular weight is 297 g/mol. The minimum Gasteiger partial charge on any atom is -0.490 e. The molecule has 0 saturated heterocycles. The molecule has 0 spiro atoms. The fourth-order valence-corrected chi connectivity index (χ4v) is 2.22. The third-order valence-corrected chi connectivity index (χ3v) is 3.58. The molecule has 0 aliphatic rings. The summed E-state index contributed by atoms with van der Waals surface area (Å²) in [6.45, 7) is 10.7. The van der Waals surface area contributed by atoms with Crippen molar-refractivity contribution in [3.05, 3.63) is 23.8 Å². The van der Waals surface area contributed by atoms with E-state index in [1.165, 1.54) is 5.56 Å². The highest BCUT2D eigenvalue weighted by Gasteiger charge is 2.07. The normalized spacial score (nSPS) is 10.8. The first-order valence-corrected chi connectivity index (χ1v) is 8.52. The van der Waals surface area contributed by atoms with Crippen LogP contribution in [-0.4, -0.2) is 30.8 Å². The molecular weight excluding hydrogens is 270 g/mol. The third-order valence-electron chi connectivity index (χ3n) is 2.71. The van der Waals surface area contributed by atoms with E-state index in [2.05, 4.69) is 38.2 Å². The van der Waals surface area contributed by atoms with Gasteiger partial charge in [-0.05, 0) is 30.4 Å². The molecule has 3 nitrogen and oxygen atoms in total. The second-order valence-electron chi connectivity index (χ2n) is 4.80. The lowest BCUT2D eigenvalue weighted by atomic mass is 10.2. The van der Waals surface area contributed by atoms with E-state index >= 15 is 0 Å². The summed E-state index contributed by atoms with van der Waals surface area (Å²) in [6, 6.07) is 6.66. The summed E-state index contributed by atoms with van der Waals surface area (Å²) in [5.74, 6) is 3.83. The Morgan fingerprint density at radius 1 is 1.15 bits per heavy atom. The van der Waals surface area contributed by atoms with Crippen molar-refractivity contribution in [3.63, 3.8) is 0 Å².